The van der Waals surface area contributed by atoms with Crippen molar-refractivity contribution < 1.29 is 8.42 Å². The molecule has 2 heterocycles. The van der Waals surface area contributed by atoms with Crippen molar-refractivity contribution in [2.75, 3.05) is 11.6 Å². The number of benzene rings is 1. The van der Waals surface area contributed by atoms with Crippen molar-refractivity contribution in [3.05, 3.63) is 60.3 Å². The molecule has 1 N–H and O–H groups in total. The zero-order valence-corrected chi connectivity index (χ0v) is 15.0. The van der Waals surface area contributed by atoms with E-state index in [-0.39, 0.29) is 10.9 Å². The lowest BCUT2D eigenvalue weighted by molar-refractivity contribution is 0.601. The number of rotatable bonds is 5. The molecule has 3 rings (SSSR count). The molecule has 1 atom stereocenters. The molecular weight excluding hydrogens is 338 g/mol. The summed E-state index contributed by atoms with van der Waals surface area (Å²) in [5.41, 5.74) is 1.89. The molecule has 0 radical (unpaired) electrons. The number of nitrogens with zero attached hydrogens (tertiary/aromatic N) is 4. The number of hydrogen-bond donors (Lipinski definition) is 1. The third-order valence-electron chi connectivity index (χ3n) is 3.78. The smallest absolute Gasteiger partial charge is 0.180 e. The van der Waals surface area contributed by atoms with E-state index in [9.17, 15) is 8.42 Å². The van der Waals surface area contributed by atoms with Gasteiger partial charge in [-0.2, -0.15) is 5.10 Å². The van der Waals surface area contributed by atoms with Gasteiger partial charge in [-0.05, 0) is 31.5 Å². The minimum Gasteiger partial charge on any atom is -0.362 e. The molecule has 0 fully saturated rings. The van der Waals surface area contributed by atoms with Gasteiger partial charge in [-0.1, -0.05) is 18.2 Å². The molecule has 2 aromatic heterocycles. The predicted octanol–water partition coefficient (Wildman–Crippen LogP) is 2.55. The average Bonchev–Trinajstić information content (AvgIpc) is 3.08. The van der Waals surface area contributed by atoms with Crippen LogP contribution in [0.3, 0.4) is 0 Å². The number of anilines is 1. The van der Waals surface area contributed by atoms with E-state index in [2.05, 4.69) is 20.4 Å². The summed E-state index contributed by atoms with van der Waals surface area (Å²) in [6.45, 7) is 3.67. The molecule has 0 saturated carbocycles. The van der Waals surface area contributed by atoms with Crippen LogP contribution in [0.5, 0.6) is 0 Å². The number of hydrogen-bond acceptors (Lipinski definition) is 6. The second-order valence-corrected chi connectivity index (χ2v) is 7.76. The first-order valence-electron chi connectivity index (χ1n) is 7.75. The van der Waals surface area contributed by atoms with Crippen LogP contribution in [-0.2, 0) is 9.84 Å². The number of aryl methyl sites for hydroxylation is 1. The Morgan fingerprint density at radius 1 is 1.20 bits per heavy atom. The minimum atomic E-state index is -3.44. The van der Waals surface area contributed by atoms with Gasteiger partial charge in [0, 0.05) is 18.6 Å². The van der Waals surface area contributed by atoms with E-state index in [0.29, 0.717) is 11.6 Å². The number of para-hydroxylation sites is 1. The second kappa shape index (κ2) is 6.64. The van der Waals surface area contributed by atoms with Gasteiger partial charge in [-0.25, -0.2) is 23.1 Å². The normalized spacial score (nSPS) is 12.8. The highest BCUT2D eigenvalue weighted by Crippen LogP contribution is 2.27. The van der Waals surface area contributed by atoms with Crippen molar-refractivity contribution in [1.82, 2.24) is 19.7 Å². The van der Waals surface area contributed by atoms with Crippen LogP contribution in [0.1, 0.15) is 24.4 Å². The summed E-state index contributed by atoms with van der Waals surface area (Å²) in [6, 6.07) is 9.47. The molecule has 0 saturated heterocycles. The molecule has 0 aliphatic heterocycles. The standard InChI is InChI=1S/C17H19N5O2S/c1-12(14-7-4-5-8-15(14)22-10-6-9-19-22)20-17-16(25(3,23)24)11-18-13(2)21-17/h4-12H,1-3H3,(H,18,20,21)/t12-/m0/s1. The maximum Gasteiger partial charge on any atom is 0.180 e. The van der Waals surface area contributed by atoms with Gasteiger partial charge in [0.1, 0.15) is 16.5 Å². The lowest BCUT2D eigenvalue weighted by Crippen LogP contribution is -2.15. The van der Waals surface area contributed by atoms with Crippen LogP contribution in [0.15, 0.2) is 53.8 Å². The molecule has 0 aliphatic carbocycles. The summed E-state index contributed by atoms with van der Waals surface area (Å²) in [7, 11) is -3.44. The van der Waals surface area contributed by atoms with Crippen molar-refractivity contribution in [3.8, 4) is 5.69 Å². The molecule has 0 amide bonds. The van der Waals surface area contributed by atoms with Crippen molar-refractivity contribution in [1.29, 1.82) is 0 Å². The highest BCUT2D eigenvalue weighted by Gasteiger charge is 2.19. The van der Waals surface area contributed by atoms with Crippen molar-refractivity contribution in [2.24, 2.45) is 0 Å². The van der Waals surface area contributed by atoms with Crippen LogP contribution < -0.4 is 5.32 Å². The summed E-state index contributed by atoms with van der Waals surface area (Å²) in [5, 5.41) is 7.48. The molecule has 25 heavy (non-hydrogen) atoms. The van der Waals surface area contributed by atoms with E-state index in [4.69, 9.17) is 0 Å². The number of aromatic nitrogens is 4. The maximum atomic E-state index is 12.0. The van der Waals surface area contributed by atoms with E-state index < -0.39 is 9.84 Å². The number of nitrogens with one attached hydrogen (secondary N) is 1. The zero-order chi connectivity index (χ0) is 18.0. The van der Waals surface area contributed by atoms with Gasteiger partial charge in [0.25, 0.3) is 0 Å². The van der Waals surface area contributed by atoms with E-state index in [1.54, 1.807) is 17.8 Å². The summed E-state index contributed by atoms with van der Waals surface area (Å²) in [4.78, 5) is 8.36. The van der Waals surface area contributed by atoms with Gasteiger partial charge >= 0.3 is 0 Å². The molecule has 7 nitrogen and oxygen atoms in total. The first kappa shape index (κ1) is 17.1. The molecular formula is C17H19N5O2S. The molecule has 0 spiro atoms. The molecule has 0 bridgehead atoms. The summed E-state index contributed by atoms with van der Waals surface area (Å²) >= 11 is 0. The van der Waals surface area contributed by atoms with Crippen LogP contribution in [0.25, 0.3) is 5.69 Å². The molecule has 0 unspecified atom stereocenters. The summed E-state index contributed by atoms with van der Waals surface area (Å²) in [5.74, 6) is 0.806. The average molecular weight is 357 g/mol. The summed E-state index contributed by atoms with van der Waals surface area (Å²) in [6.07, 6.45) is 6.06. The zero-order valence-electron chi connectivity index (χ0n) is 14.2. The fourth-order valence-electron chi connectivity index (χ4n) is 2.59. The van der Waals surface area contributed by atoms with Crippen molar-refractivity contribution >= 4 is 15.7 Å². The van der Waals surface area contributed by atoms with Gasteiger partial charge in [-0.15, -0.1) is 0 Å². The fourth-order valence-corrected chi connectivity index (χ4v) is 3.29. The van der Waals surface area contributed by atoms with E-state index in [0.717, 1.165) is 17.5 Å². The van der Waals surface area contributed by atoms with Crippen LogP contribution >= 0.6 is 0 Å². The Balaban J connectivity index is 2.00. The van der Waals surface area contributed by atoms with Gasteiger partial charge in [-0.3, -0.25) is 0 Å². The Bertz CT molecular complexity index is 984. The van der Waals surface area contributed by atoms with Crippen molar-refractivity contribution in [3.63, 3.8) is 0 Å². The predicted molar refractivity (Wildman–Crippen MR) is 95.5 cm³/mol. The maximum absolute atomic E-state index is 12.0. The Morgan fingerprint density at radius 3 is 2.64 bits per heavy atom. The topological polar surface area (TPSA) is 89.8 Å². The first-order chi connectivity index (χ1) is 11.9. The quantitative estimate of drug-likeness (QED) is 0.755. The molecule has 3 aromatic rings. The molecule has 1 aromatic carbocycles. The first-order valence-corrected chi connectivity index (χ1v) is 9.64. The van der Waals surface area contributed by atoms with E-state index in [1.807, 2.05) is 43.5 Å². The monoisotopic (exact) mass is 357 g/mol. The van der Waals surface area contributed by atoms with Crippen LogP contribution in [0.2, 0.25) is 0 Å². The third-order valence-corrected chi connectivity index (χ3v) is 4.88. The van der Waals surface area contributed by atoms with E-state index in [1.165, 1.54) is 6.20 Å². The van der Waals surface area contributed by atoms with Gasteiger partial charge in [0.15, 0.2) is 9.84 Å². The van der Waals surface area contributed by atoms with Crippen LogP contribution in [-0.4, -0.2) is 34.4 Å². The SMILES string of the molecule is Cc1ncc(S(C)(=O)=O)c(N[C@@H](C)c2ccccc2-n2cccn2)n1. The van der Waals surface area contributed by atoms with Gasteiger partial charge in [0.2, 0.25) is 0 Å². The highest BCUT2D eigenvalue weighted by molar-refractivity contribution is 7.90. The Labute approximate surface area is 146 Å². The summed E-state index contributed by atoms with van der Waals surface area (Å²) < 4.78 is 25.8. The lowest BCUT2D eigenvalue weighted by atomic mass is 10.1. The van der Waals surface area contributed by atoms with Gasteiger partial charge in [0.05, 0.1) is 17.9 Å². The second-order valence-electron chi connectivity index (χ2n) is 5.78. The van der Waals surface area contributed by atoms with Crippen LogP contribution in [0.4, 0.5) is 5.82 Å². The number of sulfone groups is 1. The lowest BCUT2D eigenvalue weighted by Gasteiger charge is -2.20. The van der Waals surface area contributed by atoms with Crippen molar-refractivity contribution in [2.45, 2.75) is 24.8 Å². The highest BCUT2D eigenvalue weighted by atomic mass is 32.2. The minimum absolute atomic E-state index is 0.0847. The van der Waals surface area contributed by atoms with Gasteiger partial charge < -0.3 is 5.32 Å². The largest absolute Gasteiger partial charge is 0.362 e. The Hall–Kier alpha value is -2.74. The Morgan fingerprint density at radius 2 is 1.96 bits per heavy atom. The third kappa shape index (κ3) is 3.69. The molecule has 0 aliphatic rings. The van der Waals surface area contributed by atoms with Crippen LogP contribution in [0, 0.1) is 6.92 Å². The Kier molecular flexibility index (Phi) is 4.54. The fraction of sp³-hybridized carbons (Fsp3) is 0.235. The van der Waals surface area contributed by atoms with E-state index >= 15 is 0 Å². The molecule has 130 valence electrons. The molecule has 8 heteroatoms.